The summed E-state index contributed by atoms with van der Waals surface area (Å²) in [5.74, 6) is 0. The summed E-state index contributed by atoms with van der Waals surface area (Å²) in [6, 6.07) is -0.0509. The zero-order chi connectivity index (χ0) is 6.57. The Hall–Kier alpha value is 0.01000. The lowest BCUT2D eigenvalue weighted by Gasteiger charge is -2.11. The average Bonchev–Trinajstić information content (AvgIpc) is 1.69. The van der Waals surface area contributed by atoms with E-state index >= 15 is 0 Å². The maximum absolute atomic E-state index is 8.85. The minimum absolute atomic E-state index is 0.0509. The first-order chi connectivity index (χ1) is 3.72. The molecule has 48 valence electrons. The van der Waals surface area contributed by atoms with Crippen LogP contribution in [0.3, 0.4) is 0 Å². The fourth-order valence-corrected chi connectivity index (χ4v) is 0.786. The number of rotatable bonds is 3. The molecule has 0 saturated carbocycles. The minimum Gasteiger partial charge on any atom is -0.391 e. The van der Waals surface area contributed by atoms with Crippen LogP contribution in [0.4, 0.5) is 0 Å². The van der Waals surface area contributed by atoms with Crippen LogP contribution in [0.2, 0.25) is 0 Å². The molecule has 2 nitrogen and oxygen atoms in total. The molecule has 0 aliphatic heterocycles. The van der Waals surface area contributed by atoms with Crippen molar-refractivity contribution in [1.82, 2.24) is 5.32 Å². The minimum atomic E-state index is -0.391. The van der Waals surface area contributed by atoms with Gasteiger partial charge in [0.1, 0.15) is 0 Å². The molecular formula is C5H11NOS. The van der Waals surface area contributed by atoms with E-state index in [1.165, 1.54) is 5.37 Å². The van der Waals surface area contributed by atoms with Crippen LogP contribution in [-0.2, 0) is 0 Å². The standard InChI is InChI=1S/C5H11NOS/c1-4(7)5(3-8)6-2/h3-7H,1-2H3. The van der Waals surface area contributed by atoms with Crippen molar-refractivity contribution in [2.45, 2.75) is 19.1 Å². The van der Waals surface area contributed by atoms with Gasteiger partial charge in [-0.15, -0.1) is 0 Å². The molecule has 2 atom stereocenters. The van der Waals surface area contributed by atoms with Gasteiger partial charge in [0, 0.05) is 0 Å². The number of thiocarbonyl (C=S) groups is 1. The van der Waals surface area contributed by atoms with Crippen molar-refractivity contribution in [2.24, 2.45) is 0 Å². The van der Waals surface area contributed by atoms with Gasteiger partial charge in [-0.3, -0.25) is 0 Å². The van der Waals surface area contributed by atoms with Crippen LogP contribution in [0, 0.1) is 0 Å². The molecule has 0 fully saturated rings. The molecule has 0 aromatic heterocycles. The van der Waals surface area contributed by atoms with Gasteiger partial charge >= 0.3 is 0 Å². The molecule has 2 unspecified atom stereocenters. The molecule has 0 rings (SSSR count). The van der Waals surface area contributed by atoms with Gasteiger partial charge in [0.2, 0.25) is 0 Å². The van der Waals surface area contributed by atoms with E-state index < -0.39 is 6.10 Å². The summed E-state index contributed by atoms with van der Waals surface area (Å²) in [4.78, 5) is 0. The van der Waals surface area contributed by atoms with E-state index in [1.54, 1.807) is 14.0 Å². The SMILES string of the molecule is CNC(C=S)C(C)O. The molecule has 0 amide bonds. The molecule has 0 aliphatic rings. The molecule has 0 bridgehead atoms. The number of hydrogen-bond acceptors (Lipinski definition) is 3. The first-order valence-electron chi connectivity index (χ1n) is 2.53. The van der Waals surface area contributed by atoms with Gasteiger partial charge < -0.3 is 10.4 Å². The topological polar surface area (TPSA) is 32.3 Å². The second kappa shape index (κ2) is 3.95. The van der Waals surface area contributed by atoms with Crippen molar-refractivity contribution in [1.29, 1.82) is 0 Å². The summed E-state index contributed by atoms with van der Waals surface area (Å²) in [6.07, 6.45) is -0.391. The quantitative estimate of drug-likeness (QED) is 0.530. The summed E-state index contributed by atoms with van der Waals surface area (Å²) >= 11 is 4.60. The third kappa shape index (κ3) is 2.35. The molecule has 0 saturated heterocycles. The van der Waals surface area contributed by atoms with Gasteiger partial charge in [0.25, 0.3) is 0 Å². The van der Waals surface area contributed by atoms with Crippen molar-refractivity contribution in [3.05, 3.63) is 0 Å². The Balaban J connectivity index is 3.51. The van der Waals surface area contributed by atoms with Gasteiger partial charge in [-0.25, -0.2) is 0 Å². The van der Waals surface area contributed by atoms with Crippen LogP contribution in [0.5, 0.6) is 0 Å². The molecule has 0 spiro atoms. The summed E-state index contributed by atoms with van der Waals surface area (Å²) in [6.45, 7) is 1.70. The number of hydrogen-bond donors (Lipinski definition) is 2. The number of likely N-dealkylation sites (N-methyl/N-ethyl adjacent to an activating group) is 1. The first-order valence-corrected chi connectivity index (χ1v) is 3.00. The number of aliphatic hydroxyl groups excluding tert-OH is 1. The monoisotopic (exact) mass is 133 g/mol. The third-order valence-corrected chi connectivity index (χ3v) is 1.29. The Labute approximate surface area is 54.9 Å². The zero-order valence-electron chi connectivity index (χ0n) is 5.09. The van der Waals surface area contributed by atoms with Gasteiger partial charge in [0.15, 0.2) is 0 Å². The van der Waals surface area contributed by atoms with Crippen LogP contribution in [0.15, 0.2) is 0 Å². The van der Waals surface area contributed by atoms with Crippen molar-refractivity contribution in [3.8, 4) is 0 Å². The molecule has 3 heteroatoms. The molecule has 0 aromatic carbocycles. The lowest BCUT2D eigenvalue weighted by molar-refractivity contribution is 0.177. The maximum Gasteiger partial charge on any atom is 0.0709 e. The average molecular weight is 133 g/mol. The van der Waals surface area contributed by atoms with E-state index in [1.807, 2.05) is 0 Å². The number of nitrogens with one attached hydrogen (secondary N) is 1. The predicted molar refractivity (Wildman–Crippen MR) is 38.2 cm³/mol. The summed E-state index contributed by atoms with van der Waals surface area (Å²) < 4.78 is 0. The molecule has 2 N–H and O–H groups in total. The molecule has 0 radical (unpaired) electrons. The van der Waals surface area contributed by atoms with Crippen LogP contribution in [-0.4, -0.2) is 29.7 Å². The van der Waals surface area contributed by atoms with E-state index in [9.17, 15) is 0 Å². The van der Waals surface area contributed by atoms with Gasteiger partial charge in [-0.05, 0) is 19.3 Å². The Kier molecular flexibility index (Phi) is 3.95. The van der Waals surface area contributed by atoms with Crippen LogP contribution >= 0.6 is 12.2 Å². The number of aliphatic hydroxyl groups is 1. The smallest absolute Gasteiger partial charge is 0.0709 e. The van der Waals surface area contributed by atoms with Crippen LogP contribution < -0.4 is 5.32 Å². The Bertz CT molecular complexity index is 74.8. The highest BCUT2D eigenvalue weighted by Gasteiger charge is 2.06. The summed E-state index contributed by atoms with van der Waals surface area (Å²) in [5, 5.41) is 13.2. The van der Waals surface area contributed by atoms with Gasteiger partial charge in [-0.1, -0.05) is 12.2 Å². The van der Waals surface area contributed by atoms with Gasteiger partial charge in [0.05, 0.1) is 12.1 Å². The van der Waals surface area contributed by atoms with E-state index in [4.69, 9.17) is 5.11 Å². The van der Waals surface area contributed by atoms with Crippen LogP contribution in [0.1, 0.15) is 6.92 Å². The normalized spacial score (nSPS) is 17.4. The van der Waals surface area contributed by atoms with Gasteiger partial charge in [-0.2, -0.15) is 0 Å². The van der Waals surface area contributed by atoms with E-state index in [2.05, 4.69) is 17.5 Å². The summed E-state index contributed by atoms with van der Waals surface area (Å²) in [5.41, 5.74) is 0. The molecule has 8 heavy (non-hydrogen) atoms. The maximum atomic E-state index is 8.85. The van der Waals surface area contributed by atoms with Crippen molar-refractivity contribution < 1.29 is 5.11 Å². The highest BCUT2D eigenvalue weighted by Crippen LogP contribution is 1.86. The Morgan fingerprint density at radius 1 is 1.75 bits per heavy atom. The third-order valence-electron chi connectivity index (χ3n) is 1.000. The largest absolute Gasteiger partial charge is 0.391 e. The lowest BCUT2D eigenvalue weighted by Crippen LogP contribution is -2.36. The Morgan fingerprint density at radius 3 is 2.25 bits per heavy atom. The fraction of sp³-hybridized carbons (Fsp3) is 0.800. The molecular weight excluding hydrogens is 122 g/mol. The second-order valence-corrected chi connectivity index (χ2v) is 1.96. The highest BCUT2D eigenvalue weighted by atomic mass is 32.1. The van der Waals surface area contributed by atoms with Crippen molar-refractivity contribution >= 4 is 17.6 Å². The molecule has 0 heterocycles. The molecule has 0 aliphatic carbocycles. The molecule has 0 aromatic rings. The zero-order valence-corrected chi connectivity index (χ0v) is 5.90. The van der Waals surface area contributed by atoms with Crippen molar-refractivity contribution in [3.63, 3.8) is 0 Å². The highest BCUT2D eigenvalue weighted by molar-refractivity contribution is 7.79. The van der Waals surface area contributed by atoms with E-state index in [0.29, 0.717) is 0 Å². The second-order valence-electron chi connectivity index (χ2n) is 1.69. The first kappa shape index (κ1) is 8.01. The van der Waals surface area contributed by atoms with Crippen molar-refractivity contribution in [2.75, 3.05) is 7.05 Å². The van der Waals surface area contributed by atoms with E-state index in [0.717, 1.165) is 0 Å². The fourth-order valence-electron chi connectivity index (χ4n) is 0.423. The predicted octanol–water partition coefficient (Wildman–Crippen LogP) is -0.0451. The van der Waals surface area contributed by atoms with Crippen LogP contribution in [0.25, 0.3) is 0 Å². The Morgan fingerprint density at radius 2 is 2.25 bits per heavy atom. The lowest BCUT2D eigenvalue weighted by atomic mass is 10.2. The van der Waals surface area contributed by atoms with E-state index in [-0.39, 0.29) is 6.04 Å². The summed E-state index contributed by atoms with van der Waals surface area (Å²) in [7, 11) is 1.76.